The van der Waals surface area contributed by atoms with E-state index in [2.05, 4.69) is 10.3 Å². The Morgan fingerprint density at radius 2 is 2.04 bits per heavy atom. The van der Waals surface area contributed by atoms with Crippen LogP contribution in [0.3, 0.4) is 0 Å². The molecule has 138 valence electrons. The van der Waals surface area contributed by atoms with Gasteiger partial charge in [-0.1, -0.05) is 19.3 Å². The van der Waals surface area contributed by atoms with Gasteiger partial charge in [0.15, 0.2) is 0 Å². The average Bonchev–Trinajstić information content (AvgIpc) is 2.65. The largest absolute Gasteiger partial charge is 0.348 e. The average molecular weight is 358 g/mol. The molecule has 2 aromatic rings. The molecule has 1 aliphatic rings. The van der Waals surface area contributed by atoms with Crippen molar-refractivity contribution < 1.29 is 9.72 Å². The summed E-state index contributed by atoms with van der Waals surface area (Å²) < 4.78 is 0. The number of nitrogens with zero attached hydrogens (tertiary/aromatic N) is 1. The van der Waals surface area contributed by atoms with Gasteiger partial charge in [0, 0.05) is 41.7 Å². The molecule has 0 saturated heterocycles. The monoisotopic (exact) mass is 358 g/mol. The number of nitrogens with one attached hydrogen (secondary N) is 2. The smallest absolute Gasteiger partial charge is 0.270 e. The Morgan fingerprint density at radius 1 is 1.31 bits per heavy atom. The second-order valence-electron chi connectivity index (χ2n) is 6.75. The summed E-state index contributed by atoms with van der Waals surface area (Å²) in [7, 11) is 0. The Balaban J connectivity index is 1.94. The highest BCUT2D eigenvalue weighted by Gasteiger charge is 2.25. The van der Waals surface area contributed by atoms with Gasteiger partial charge in [0.2, 0.25) is 5.56 Å². The Morgan fingerprint density at radius 3 is 2.69 bits per heavy atom. The summed E-state index contributed by atoms with van der Waals surface area (Å²) in [5.74, 6) is -0.108. The van der Waals surface area contributed by atoms with Crippen LogP contribution >= 0.6 is 0 Å². The van der Waals surface area contributed by atoms with Gasteiger partial charge in [-0.15, -0.1) is 0 Å². The Labute approximate surface area is 149 Å². The van der Waals surface area contributed by atoms with E-state index in [1.165, 1.54) is 30.7 Å². The number of hydrogen-bond acceptors (Lipinski definition) is 5. The molecule has 26 heavy (non-hydrogen) atoms. The van der Waals surface area contributed by atoms with Crippen LogP contribution in [0.2, 0.25) is 0 Å². The van der Waals surface area contributed by atoms with Gasteiger partial charge in [-0.25, -0.2) is 0 Å². The number of non-ortho nitro benzene ring substituents is 1. The highest BCUT2D eigenvalue weighted by molar-refractivity contribution is 6.06. The molecular formula is C18H22N4O4. The second kappa shape index (κ2) is 7.65. The lowest BCUT2D eigenvalue weighted by molar-refractivity contribution is -0.384. The summed E-state index contributed by atoms with van der Waals surface area (Å²) in [6.07, 6.45) is 5.48. The molecular weight excluding hydrogens is 336 g/mol. The summed E-state index contributed by atoms with van der Waals surface area (Å²) >= 11 is 0. The van der Waals surface area contributed by atoms with Crippen LogP contribution in [0, 0.1) is 16.0 Å². The van der Waals surface area contributed by atoms with Gasteiger partial charge in [0.1, 0.15) is 0 Å². The van der Waals surface area contributed by atoms with Crippen molar-refractivity contribution in [1.82, 2.24) is 10.3 Å². The zero-order valence-corrected chi connectivity index (χ0v) is 14.4. The van der Waals surface area contributed by atoms with E-state index in [-0.39, 0.29) is 17.3 Å². The van der Waals surface area contributed by atoms with Crippen molar-refractivity contribution in [1.29, 1.82) is 0 Å². The maximum atomic E-state index is 12.8. The van der Waals surface area contributed by atoms with Crippen molar-refractivity contribution in [2.45, 2.75) is 38.1 Å². The third-order valence-electron chi connectivity index (χ3n) is 5.07. The van der Waals surface area contributed by atoms with E-state index < -0.39 is 16.4 Å². The minimum Gasteiger partial charge on any atom is -0.348 e. The second-order valence-corrected chi connectivity index (χ2v) is 6.75. The van der Waals surface area contributed by atoms with Gasteiger partial charge < -0.3 is 16.0 Å². The molecule has 1 atom stereocenters. The van der Waals surface area contributed by atoms with E-state index in [4.69, 9.17) is 5.73 Å². The first-order chi connectivity index (χ1) is 12.5. The fraction of sp³-hybridized carbons (Fsp3) is 0.444. The maximum Gasteiger partial charge on any atom is 0.270 e. The number of pyridine rings is 1. The number of aromatic nitrogens is 1. The van der Waals surface area contributed by atoms with Gasteiger partial charge >= 0.3 is 0 Å². The summed E-state index contributed by atoms with van der Waals surface area (Å²) in [6.45, 7) is 0.317. The Kier molecular flexibility index (Phi) is 5.32. The first-order valence-corrected chi connectivity index (χ1v) is 8.82. The molecule has 3 rings (SSSR count). The van der Waals surface area contributed by atoms with E-state index in [1.54, 1.807) is 0 Å². The van der Waals surface area contributed by atoms with E-state index in [0.29, 0.717) is 23.4 Å². The molecule has 1 amide bonds. The number of fused-ring (bicyclic) bond motifs is 1. The number of amides is 1. The van der Waals surface area contributed by atoms with Crippen molar-refractivity contribution in [3.05, 3.63) is 50.3 Å². The van der Waals surface area contributed by atoms with Crippen LogP contribution in [-0.2, 0) is 0 Å². The third kappa shape index (κ3) is 3.75. The molecule has 1 aromatic carbocycles. The standard InChI is InChI=1S/C18H22N4O4/c19-10-16(11-4-2-1-3-5-11)21-18(24)14-9-17(23)20-15-7-6-12(22(25)26)8-13(14)15/h6-9,11,16H,1-5,10,19H2,(H,20,23)(H,21,24). The van der Waals surface area contributed by atoms with E-state index in [1.807, 2.05) is 0 Å². The number of nitro groups is 1. The molecule has 1 fully saturated rings. The van der Waals surface area contributed by atoms with Crippen molar-refractivity contribution in [2.24, 2.45) is 11.7 Å². The van der Waals surface area contributed by atoms with Crippen molar-refractivity contribution in [3.63, 3.8) is 0 Å². The van der Waals surface area contributed by atoms with E-state index in [9.17, 15) is 19.7 Å². The highest BCUT2D eigenvalue weighted by atomic mass is 16.6. The quantitative estimate of drug-likeness (QED) is 0.556. The van der Waals surface area contributed by atoms with Crippen LogP contribution in [0.25, 0.3) is 10.9 Å². The summed E-state index contributed by atoms with van der Waals surface area (Å²) in [6, 6.07) is 5.04. The van der Waals surface area contributed by atoms with Crippen LogP contribution in [-0.4, -0.2) is 28.4 Å². The number of benzene rings is 1. The number of nitro benzene ring substituents is 1. The minimum atomic E-state index is -0.531. The highest BCUT2D eigenvalue weighted by Crippen LogP contribution is 2.27. The number of rotatable bonds is 5. The summed E-state index contributed by atoms with van der Waals surface area (Å²) in [5.41, 5.74) is 5.81. The van der Waals surface area contributed by atoms with Gasteiger partial charge in [0.25, 0.3) is 11.6 Å². The van der Waals surface area contributed by atoms with Gasteiger partial charge in [-0.05, 0) is 24.8 Å². The van der Waals surface area contributed by atoms with Crippen LogP contribution in [0.4, 0.5) is 5.69 Å². The SMILES string of the molecule is NCC(NC(=O)c1cc(=O)[nH]c2ccc([N+](=O)[O-])cc12)C1CCCCC1. The van der Waals surface area contributed by atoms with E-state index in [0.717, 1.165) is 25.7 Å². The fourth-order valence-corrected chi connectivity index (χ4v) is 3.70. The molecule has 1 aliphatic carbocycles. The lowest BCUT2D eigenvalue weighted by Crippen LogP contribution is -2.46. The van der Waals surface area contributed by atoms with Crippen molar-refractivity contribution in [2.75, 3.05) is 6.54 Å². The van der Waals surface area contributed by atoms with Crippen LogP contribution in [0.5, 0.6) is 0 Å². The lowest BCUT2D eigenvalue weighted by Gasteiger charge is -2.30. The van der Waals surface area contributed by atoms with Crippen LogP contribution in [0.1, 0.15) is 42.5 Å². The molecule has 1 unspecified atom stereocenters. The van der Waals surface area contributed by atoms with Gasteiger partial charge in [-0.2, -0.15) is 0 Å². The third-order valence-corrected chi connectivity index (χ3v) is 5.07. The minimum absolute atomic E-state index is 0.127. The molecule has 8 heteroatoms. The summed E-state index contributed by atoms with van der Waals surface area (Å²) in [5, 5.41) is 14.3. The van der Waals surface area contributed by atoms with Gasteiger partial charge in [-0.3, -0.25) is 19.7 Å². The van der Waals surface area contributed by atoms with E-state index >= 15 is 0 Å². The molecule has 4 N–H and O–H groups in total. The van der Waals surface area contributed by atoms with Crippen molar-refractivity contribution in [3.8, 4) is 0 Å². The number of hydrogen-bond donors (Lipinski definition) is 3. The number of nitrogens with two attached hydrogens (primary N) is 1. The Bertz CT molecular complexity index is 886. The zero-order chi connectivity index (χ0) is 18.7. The molecule has 0 bridgehead atoms. The summed E-state index contributed by atoms with van der Waals surface area (Å²) in [4.78, 5) is 37.8. The van der Waals surface area contributed by atoms with Crippen molar-refractivity contribution >= 4 is 22.5 Å². The first kappa shape index (κ1) is 18.1. The molecule has 1 aromatic heterocycles. The molecule has 0 spiro atoms. The zero-order valence-electron chi connectivity index (χ0n) is 14.4. The molecule has 8 nitrogen and oxygen atoms in total. The molecule has 0 radical (unpaired) electrons. The number of H-pyrrole nitrogens is 1. The van der Waals surface area contributed by atoms with Crippen LogP contribution < -0.4 is 16.6 Å². The number of carbonyl (C=O) groups is 1. The maximum absolute atomic E-state index is 12.8. The lowest BCUT2D eigenvalue weighted by atomic mass is 9.84. The normalized spacial score (nSPS) is 16.3. The molecule has 0 aliphatic heterocycles. The van der Waals surface area contributed by atoms with Gasteiger partial charge in [0.05, 0.1) is 10.5 Å². The number of aromatic amines is 1. The first-order valence-electron chi connectivity index (χ1n) is 8.82. The van der Waals surface area contributed by atoms with Crippen LogP contribution in [0.15, 0.2) is 29.1 Å². The Hall–Kier alpha value is -2.74. The molecule has 1 saturated carbocycles. The molecule has 1 heterocycles. The topological polar surface area (TPSA) is 131 Å². The predicted octanol–water partition coefficient (Wildman–Crippen LogP) is 2.07. The fourth-order valence-electron chi connectivity index (χ4n) is 3.70. The predicted molar refractivity (Wildman–Crippen MR) is 98.1 cm³/mol. The number of carbonyl (C=O) groups excluding carboxylic acids is 1.